The SMILES string of the molecule is N#CCc1ccc(NS(=O)(=O)NC2CC2)cc1. The molecule has 0 atom stereocenters. The van der Waals surface area contributed by atoms with Gasteiger partial charge in [0.15, 0.2) is 0 Å². The Morgan fingerprint density at radius 1 is 1.29 bits per heavy atom. The fourth-order valence-electron chi connectivity index (χ4n) is 1.39. The van der Waals surface area contributed by atoms with Crippen molar-refractivity contribution >= 4 is 15.9 Å². The zero-order valence-electron chi connectivity index (χ0n) is 9.18. The van der Waals surface area contributed by atoms with Crippen LogP contribution in [0.1, 0.15) is 18.4 Å². The second-order valence-corrected chi connectivity index (χ2v) is 5.48. The van der Waals surface area contributed by atoms with E-state index in [0.29, 0.717) is 12.1 Å². The summed E-state index contributed by atoms with van der Waals surface area (Å²) in [4.78, 5) is 0. The van der Waals surface area contributed by atoms with Crippen LogP contribution in [0.3, 0.4) is 0 Å². The van der Waals surface area contributed by atoms with Crippen LogP contribution in [0.5, 0.6) is 0 Å². The molecule has 0 bridgehead atoms. The van der Waals surface area contributed by atoms with Gasteiger partial charge >= 0.3 is 0 Å². The van der Waals surface area contributed by atoms with Crippen molar-refractivity contribution in [3.05, 3.63) is 29.8 Å². The summed E-state index contributed by atoms with van der Waals surface area (Å²) >= 11 is 0. The standard InChI is InChI=1S/C11H13N3O2S/c12-8-7-9-1-3-10(4-2-9)13-17(15,16)14-11-5-6-11/h1-4,11,13-14H,5-7H2. The Hall–Kier alpha value is -1.58. The Balaban J connectivity index is 2.00. The van der Waals surface area contributed by atoms with Crippen molar-refractivity contribution in [3.63, 3.8) is 0 Å². The average Bonchev–Trinajstić information content (AvgIpc) is 3.04. The molecule has 0 radical (unpaired) electrons. The first-order valence-electron chi connectivity index (χ1n) is 5.35. The quantitative estimate of drug-likeness (QED) is 0.824. The molecule has 1 aromatic carbocycles. The molecule has 2 rings (SSSR count). The zero-order chi connectivity index (χ0) is 12.3. The van der Waals surface area contributed by atoms with E-state index >= 15 is 0 Å². The highest BCUT2D eigenvalue weighted by Crippen LogP contribution is 2.20. The summed E-state index contributed by atoms with van der Waals surface area (Å²) in [5.41, 5.74) is 1.37. The van der Waals surface area contributed by atoms with Gasteiger partial charge in [-0.1, -0.05) is 12.1 Å². The van der Waals surface area contributed by atoms with E-state index in [4.69, 9.17) is 5.26 Å². The first kappa shape index (κ1) is 11.9. The second-order valence-electron chi connectivity index (χ2n) is 4.03. The van der Waals surface area contributed by atoms with Gasteiger partial charge in [-0.3, -0.25) is 4.72 Å². The molecule has 2 N–H and O–H groups in total. The molecule has 1 aliphatic carbocycles. The second kappa shape index (κ2) is 4.73. The first-order valence-corrected chi connectivity index (χ1v) is 6.83. The largest absolute Gasteiger partial charge is 0.299 e. The third-order valence-electron chi connectivity index (χ3n) is 2.39. The maximum atomic E-state index is 11.6. The summed E-state index contributed by atoms with van der Waals surface area (Å²) in [5, 5.41) is 8.51. The van der Waals surface area contributed by atoms with Crippen molar-refractivity contribution in [2.75, 3.05) is 4.72 Å². The molecule has 1 fully saturated rings. The molecule has 90 valence electrons. The molecule has 6 heteroatoms. The van der Waals surface area contributed by atoms with Gasteiger partial charge in [0, 0.05) is 11.7 Å². The smallest absolute Gasteiger partial charge is 0.271 e. The third-order valence-corrected chi connectivity index (χ3v) is 3.54. The fraction of sp³-hybridized carbons (Fsp3) is 0.364. The molecule has 0 unspecified atom stereocenters. The molecule has 0 spiro atoms. The number of anilines is 1. The summed E-state index contributed by atoms with van der Waals surface area (Å²) in [7, 11) is -3.46. The Bertz CT molecular complexity index is 527. The lowest BCUT2D eigenvalue weighted by molar-refractivity contribution is 0.586. The average molecular weight is 251 g/mol. The molecule has 1 aliphatic rings. The Labute approximate surface area is 101 Å². The topological polar surface area (TPSA) is 82.0 Å². The van der Waals surface area contributed by atoms with E-state index in [1.54, 1.807) is 24.3 Å². The summed E-state index contributed by atoms with van der Waals surface area (Å²) in [6.07, 6.45) is 2.14. The highest BCUT2D eigenvalue weighted by Gasteiger charge is 2.26. The number of benzene rings is 1. The van der Waals surface area contributed by atoms with Crippen molar-refractivity contribution in [1.29, 1.82) is 5.26 Å². The molecule has 0 aromatic heterocycles. The van der Waals surface area contributed by atoms with Crippen LogP contribution in [0.2, 0.25) is 0 Å². The van der Waals surface area contributed by atoms with Crippen LogP contribution in [0.4, 0.5) is 5.69 Å². The van der Waals surface area contributed by atoms with Crippen molar-refractivity contribution in [2.45, 2.75) is 25.3 Å². The lowest BCUT2D eigenvalue weighted by Gasteiger charge is -2.08. The van der Waals surface area contributed by atoms with Gasteiger partial charge in [0.25, 0.3) is 10.2 Å². The molecule has 1 saturated carbocycles. The summed E-state index contributed by atoms with van der Waals surface area (Å²) < 4.78 is 28.1. The predicted molar refractivity (Wildman–Crippen MR) is 64.5 cm³/mol. The minimum atomic E-state index is -3.46. The van der Waals surface area contributed by atoms with Gasteiger partial charge in [-0.25, -0.2) is 0 Å². The van der Waals surface area contributed by atoms with E-state index in [0.717, 1.165) is 18.4 Å². The van der Waals surface area contributed by atoms with Gasteiger partial charge in [0.1, 0.15) is 0 Å². The van der Waals surface area contributed by atoms with Crippen molar-refractivity contribution in [3.8, 4) is 6.07 Å². The number of nitriles is 1. The number of nitrogens with zero attached hydrogens (tertiary/aromatic N) is 1. The van der Waals surface area contributed by atoms with Gasteiger partial charge in [0.2, 0.25) is 0 Å². The van der Waals surface area contributed by atoms with Gasteiger partial charge in [0.05, 0.1) is 12.5 Å². The summed E-state index contributed by atoms with van der Waals surface area (Å²) in [6.45, 7) is 0. The normalized spacial score (nSPS) is 15.2. The summed E-state index contributed by atoms with van der Waals surface area (Å²) in [6, 6.07) is 8.90. The van der Waals surface area contributed by atoms with E-state index in [9.17, 15) is 8.42 Å². The number of rotatable bonds is 5. The predicted octanol–water partition coefficient (Wildman–Crippen LogP) is 1.16. The maximum absolute atomic E-state index is 11.6. The third kappa shape index (κ3) is 3.73. The highest BCUT2D eigenvalue weighted by molar-refractivity contribution is 7.90. The number of hydrogen-bond donors (Lipinski definition) is 2. The van der Waals surface area contributed by atoms with E-state index < -0.39 is 10.2 Å². The molecule has 0 amide bonds. The minimum absolute atomic E-state index is 0.0883. The van der Waals surface area contributed by atoms with Crippen LogP contribution in [-0.4, -0.2) is 14.5 Å². The number of nitrogens with one attached hydrogen (secondary N) is 2. The molecule has 17 heavy (non-hydrogen) atoms. The van der Waals surface area contributed by atoms with Gasteiger partial charge in [-0.2, -0.15) is 18.4 Å². The van der Waals surface area contributed by atoms with Gasteiger partial charge in [-0.05, 0) is 30.5 Å². The molecule has 0 aliphatic heterocycles. The minimum Gasteiger partial charge on any atom is -0.271 e. The number of hydrogen-bond acceptors (Lipinski definition) is 3. The highest BCUT2D eigenvalue weighted by atomic mass is 32.2. The van der Waals surface area contributed by atoms with Crippen LogP contribution >= 0.6 is 0 Å². The van der Waals surface area contributed by atoms with E-state index in [2.05, 4.69) is 9.44 Å². The Kier molecular flexibility index (Phi) is 3.31. The van der Waals surface area contributed by atoms with Crippen molar-refractivity contribution < 1.29 is 8.42 Å². The Morgan fingerprint density at radius 3 is 2.47 bits per heavy atom. The lowest BCUT2D eigenvalue weighted by atomic mass is 10.1. The van der Waals surface area contributed by atoms with E-state index in [-0.39, 0.29) is 6.04 Å². The van der Waals surface area contributed by atoms with Crippen LogP contribution in [-0.2, 0) is 16.6 Å². The van der Waals surface area contributed by atoms with Crippen LogP contribution in [0.25, 0.3) is 0 Å². The fourth-order valence-corrected chi connectivity index (χ4v) is 2.57. The van der Waals surface area contributed by atoms with E-state index in [1.165, 1.54) is 0 Å². The molecule has 0 heterocycles. The first-order chi connectivity index (χ1) is 8.09. The monoisotopic (exact) mass is 251 g/mol. The van der Waals surface area contributed by atoms with E-state index in [1.807, 2.05) is 6.07 Å². The maximum Gasteiger partial charge on any atom is 0.299 e. The van der Waals surface area contributed by atoms with Gasteiger partial charge in [-0.15, -0.1) is 0 Å². The molecular formula is C11H13N3O2S. The zero-order valence-corrected chi connectivity index (χ0v) is 10.00. The summed E-state index contributed by atoms with van der Waals surface area (Å²) in [5.74, 6) is 0. The van der Waals surface area contributed by atoms with Crippen LogP contribution in [0, 0.1) is 11.3 Å². The van der Waals surface area contributed by atoms with Gasteiger partial charge < -0.3 is 0 Å². The van der Waals surface area contributed by atoms with Crippen LogP contribution < -0.4 is 9.44 Å². The Morgan fingerprint density at radius 2 is 1.94 bits per heavy atom. The lowest BCUT2D eigenvalue weighted by Crippen LogP contribution is -2.31. The molecular weight excluding hydrogens is 238 g/mol. The van der Waals surface area contributed by atoms with Crippen molar-refractivity contribution in [2.24, 2.45) is 0 Å². The van der Waals surface area contributed by atoms with Crippen molar-refractivity contribution in [1.82, 2.24) is 4.72 Å². The molecule has 1 aromatic rings. The van der Waals surface area contributed by atoms with Crippen LogP contribution in [0.15, 0.2) is 24.3 Å². The molecule has 5 nitrogen and oxygen atoms in total. The molecule has 0 saturated heterocycles.